The third kappa shape index (κ3) is 5.95. The van der Waals surface area contributed by atoms with Crippen molar-refractivity contribution in [1.29, 1.82) is 0 Å². The lowest BCUT2D eigenvalue weighted by Crippen LogP contribution is -2.43. The molecule has 2 aromatic rings. The molecule has 2 saturated heterocycles. The van der Waals surface area contributed by atoms with E-state index in [1.165, 1.54) is 33.4 Å². The molecule has 1 aromatic heterocycles. The minimum Gasteiger partial charge on any atom is -0.351 e. The summed E-state index contributed by atoms with van der Waals surface area (Å²) >= 11 is 7.50. The summed E-state index contributed by atoms with van der Waals surface area (Å²) in [5.41, 5.74) is 14.7. The molecule has 5 rings (SSSR count). The summed E-state index contributed by atoms with van der Waals surface area (Å²) in [6.45, 7) is 4.99. The highest BCUT2D eigenvalue weighted by Gasteiger charge is 2.28. The Balaban J connectivity index is 1.34. The maximum absolute atomic E-state index is 13.1. The number of hydrogen-bond acceptors (Lipinski definition) is 3. The number of benzene rings is 1. The number of carbonyl (C=O) groups is 2. The molecule has 3 amide bonds. The van der Waals surface area contributed by atoms with Crippen LogP contribution >= 0.6 is 31.9 Å². The van der Waals surface area contributed by atoms with E-state index in [2.05, 4.69) is 57.0 Å². The molecule has 0 saturated carbocycles. The van der Waals surface area contributed by atoms with Gasteiger partial charge in [-0.05, 0) is 107 Å². The van der Waals surface area contributed by atoms with Gasteiger partial charge in [-0.2, -0.15) is 0 Å². The van der Waals surface area contributed by atoms with Gasteiger partial charge in [0.15, 0.2) is 0 Å². The van der Waals surface area contributed by atoms with E-state index in [0.717, 1.165) is 72.7 Å². The molecule has 1 aromatic carbocycles. The zero-order valence-corrected chi connectivity index (χ0v) is 24.5. The number of piperidine rings is 2. The van der Waals surface area contributed by atoms with E-state index in [4.69, 9.17) is 10.7 Å². The molecule has 196 valence electrons. The molecule has 1 aliphatic carbocycles. The summed E-state index contributed by atoms with van der Waals surface area (Å²) in [4.78, 5) is 33.1. The van der Waals surface area contributed by atoms with Crippen LogP contribution in [0.5, 0.6) is 0 Å². The first-order valence-corrected chi connectivity index (χ1v) is 14.8. The van der Waals surface area contributed by atoms with Crippen molar-refractivity contribution in [1.82, 2.24) is 14.8 Å². The largest absolute Gasteiger partial charge is 0.351 e. The van der Waals surface area contributed by atoms with Crippen molar-refractivity contribution in [3.05, 3.63) is 66.9 Å². The maximum Gasteiger partial charge on any atom is 0.314 e. The van der Waals surface area contributed by atoms with Crippen LogP contribution < -0.4 is 5.73 Å². The molecule has 0 unspecified atom stereocenters. The van der Waals surface area contributed by atoms with Crippen LogP contribution in [0.1, 0.15) is 60.1 Å². The number of fused-ring (bicyclic) bond motifs is 2. The number of urea groups is 1. The van der Waals surface area contributed by atoms with Gasteiger partial charge in [-0.25, -0.2) is 4.79 Å². The molecule has 0 bridgehead atoms. The number of halogens is 2. The van der Waals surface area contributed by atoms with E-state index in [0.29, 0.717) is 25.4 Å². The van der Waals surface area contributed by atoms with Crippen molar-refractivity contribution in [2.24, 2.45) is 11.7 Å². The van der Waals surface area contributed by atoms with Gasteiger partial charge in [0.05, 0.1) is 0 Å². The Bertz CT molecular complexity index is 1240. The first-order chi connectivity index (χ1) is 17.8. The van der Waals surface area contributed by atoms with Crippen molar-refractivity contribution >= 4 is 49.4 Å². The van der Waals surface area contributed by atoms with Crippen molar-refractivity contribution in [2.75, 3.05) is 26.2 Å². The molecule has 0 radical (unpaired) electrons. The Morgan fingerprint density at radius 3 is 2.38 bits per heavy atom. The SMILES string of the molecule is Cc1cc(Br)c2c(c1)CCc1cc(Br)cnc1CC2=C1CCN(C(=O)CC2CCN(C(N)=O)CC2)CC1. The number of nitrogens with zero attached hydrogens (tertiary/aromatic N) is 3. The van der Waals surface area contributed by atoms with Crippen molar-refractivity contribution in [2.45, 2.75) is 58.3 Å². The number of carbonyl (C=O) groups excluding carboxylic acids is 2. The number of primary amides is 1. The fraction of sp³-hybridized carbons (Fsp3) is 0.483. The molecule has 3 heterocycles. The molecule has 2 aliphatic heterocycles. The highest BCUT2D eigenvalue weighted by Crippen LogP contribution is 2.39. The number of nitrogens with two attached hydrogens (primary N) is 1. The Kier molecular flexibility index (Phi) is 8.05. The number of amides is 3. The van der Waals surface area contributed by atoms with E-state index >= 15 is 0 Å². The quantitative estimate of drug-likeness (QED) is 0.455. The Hall–Kier alpha value is -2.19. The molecular formula is C29H34Br2N4O2. The molecule has 8 heteroatoms. The van der Waals surface area contributed by atoms with Gasteiger partial charge in [0, 0.05) is 59.9 Å². The Morgan fingerprint density at radius 2 is 1.68 bits per heavy atom. The summed E-state index contributed by atoms with van der Waals surface area (Å²) in [5, 5.41) is 0. The molecule has 0 spiro atoms. The van der Waals surface area contributed by atoms with Crippen LogP contribution in [0, 0.1) is 12.8 Å². The highest BCUT2D eigenvalue weighted by molar-refractivity contribution is 9.10. The minimum absolute atomic E-state index is 0.244. The van der Waals surface area contributed by atoms with Gasteiger partial charge in [0.2, 0.25) is 5.91 Å². The predicted octanol–water partition coefficient (Wildman–Crippen LogP) is 5.81. The van der Waals surface area contributed by atoms with Crippen molar-refractivity contribution in [3.63, 3.8) is 0 Å². The fourth-order valence-corrected chi connectivity index (χ4v) is 7.36. The number of hydrogen-bond donors (Lipinski definition) is 1. The third-order valence-electron chi connectivity index (χ3n) is 8.19. The van der Waals surface area contributed by atoms with Crippen LogP contribution in [0.4, 0.5) is 4.79 Å². The smallest absolute Gasteiger partial charge is 0.314 e. The zero-order valence-electron chi connectivity index (χ0n) is 21.4. The topological polar surface area (TPSA) is 79.5 Å². The zero-order chi connectivity index (χ0) is 26.1. The van der Waals surface area contributed by atoms with E-state index in [9.17, 15) is 9.59 Å². The fourth-order valence-electron chi connectivity index (χ4n) is 6.12. The Morgan fingerprint density at radius 1 is 0.973 bits per heavy atom. The molecule has 0 atom stereocenters. The second-order valence-electron chi connectivity index (χ2n) is 10.7. The van der Waals surface area contributed by atoms with Crippen molar-refractivity contribution < 1.29 is 9.59 Å². The van der Waals surface area contributed by atoms with Gasteiger partial charge in [0.1, 0.15) is 0 Å². The van der Waals surface area contributed by atoms with Gasteiger partial charge in [-0.3, -0.25) is 9.78 Å². The van der Waals surface area contributed by atoms with Crippen LogP contribution in [0.2, 0.25) is 0 Å². The molecule has 3 aliphatic rings. The van der Waals surface area contributed by atoms with Crippen LogP contribution in [-0.2, 0) is 24.1 Å². The summed E-state index contributed by atoms with van der Waals surface area (Å²) in [7, 11) is 0. The number of pyridine rings is 1. The monoisotopic (exact) mass is 628 g/mol. The highest BCUT2D eigenvalue weighted by atomic mass is 79.9. The summed E-state index contributed by atoms with van der Waals surface area (Å²) < 4.78 is 2.19. The van der Waals surface area contributed by atoms with Crippen LogP contribution in [0.25, 0.3) is 5.57 Å². The average Bonchev–Trinajstić information content (AvgIpc) is 2.86. The molecule has 2 N–H and O–H groups in total. The summed E-state index contributed by atoms with van der Waals surface area (Å²) in [6, 6.07) is 6.41. The van der Waals surface area contributed by atoms with Gasteiger partial charge in [0.25, 0.3) is 0 Å². The van der Waals surface area contributed by atoms with Gasteiger partial charge < -0.3 is 15.5 Å². The van der Waals surface area contributed by atoms with Crippen molar-refractivity contribution in [3.8, 4) is 0 Å². The van der Waals surface area contributed by atoms with Crippen LogP contribution in [0.15, 0.2) is 38.9 Å². The lowest BCUT2D eigenvalue weighted by atomic mass is 9.83. The molecular weight excluding hydrogens is 596 g/mol. The van der Waals surface area contributed by atoms with Crippen LogP contribution in [0.3, 0.4) is 0 Å². The van der Waals surface area contributed by atoms with Gasteiger partial charge in [-0.15, -0.1) is 0 Å². The third-order valence-corrected chi connectivity index (χ3v) is 9.25. The second kappa shape index (κ2) is 11.3. The Labute approximate surface area is 235 Å². The summed E-state index contributed by atoms with van der Waals surface area (Å²) in [6.07, 6.45) is 8.75. The number of rotatable bonds is 2. The first kappa shape index (κ1) is 26.4. The van der Waals surface area contributed by atoms with E-state index in [-0.39, 0.29) is 11.9 Å². The standard InChI is InChI=1S/C29H34Br2N4O2/c1-18-12-22-3-2-21-15-23(30)17-33-26(21)16-24(28(22)25(31)13-18)20-6-10-34(11-7-20)27(36)14-19-4-8-35(9-5-19)29(32)37/h12-13,15,17,19H,2-11,14,16H2,1H3,(H2,32,37). The lowest BCUT2D eigenvalue weighted by Gasteiger charge is -2.34. The second-order valence-corrected chi connectivity index (χ2v) is 12.4. The maximum atomic E-state index is 13.1. The number of allylic oxidation sites excluding steroid dienone is 1. The first-order valence-electron chi connectivity index (χ1n) is 13.2. The average molecular weight is 630 g/mol. The van der Waals surface area contributed by atoms with E-state index in [1.54, 1.807) is 4.90 Å². The summed E-state index contributed by atoms with van der Waals surface area (Å²) in [5.74, 6) is 0.578. The van der Waals surface area contributed by atoms with E-state index in [1.807, 2.05) is 11.1 Å². The number of likely N-dealkylation sites (tertiary alicyclic amines) is 2. The normalized spacial score (nSPS) is 18.7. The minimum atomic E-state index is -0.357. The molecule has 2 fully saturated rings. The van der Waals surface area contributed by atoms with E-state index < -0.39 is 0 Å². The molecule has 37 heavy (non-hydrogen) atoms. The van der Waals surface area contributed by atoms with Gasteiger partial charge in [-0.1, -0.05) is 27.6 Å². The lowest BCUT2D eigenvalue weighted by molar-refractivity contribution is -0.132. The number of aromatic nitrogens is 1. The number of aryl methyl sites for hydroxylation is 3. The molecule has 6 nitrogen and oxygen atoms in total. The van der Waals surface area contributed by atoms with Gasteiger partial charge >= 0.3 is 6.03 Å². The predicted molar refractivity (Wildman–Crippen MR) is 153 cm³/mol. The van der Waals surface area contributed by atoms with Crippen LogP contribution in [-0.4, -0.2) is 52.9 Å².